The highest BCUT2D eigenvalue weighted by Crippen LogP contribution is 2.23. The molecular formula is C18H18N4O4S. The van der Waals surface area contributed by atoms with E-state index in [-0.39, 0.29) is 24.2 Å². The molecule has 8 nitrogen and oxygen atoms in total. The van der Waals surface area contributed by atoms with Gasteiger partial charge in [0.15, 0.2) is 0 Å². The first-order chi connectivity index (χ1) is 12.9. The maximum absolute atomic E-state index is 12.9. The van der Waals surface area contributed by atoms with Crippen LogP contribution in [0.25, 0.3) is 10.2 Å². The van der Waals surface area contributed by atoms with E-state index in [1.54, 1.807) is 12.1 Å². The average Bonchev–Trinajstić information content (AvgIpc) is 3.05. The first-order valence-corrected chi connectivity index (χ1v) is 9.24. The molecule has 0 unspecified atom stereocenters. The summed E-state index contributed by atoms with van der Waals surface area (Å²) in [5.74, 6) is 0.00922. The Balaban J connectivity index is 2.05. The molecule has 0 saturated carbocycles. The molecule has 3 rings (SSSR count). The van der Waals surface area contributed by atoms with Crippen LogP contribution in [-0.2, 0) is 24.2 Å². The third kappa shape index (κ3) is 4.03. The Morgan fingerprint density at radius 1 is 1.33 bits per heavy atom. The number of rotatable bonds is 7. The molecule has 2 heterocycles. The zero-order chi connectivity index (χ0) is 19.6. The summed E-state index contributed by atoms with van der Waals surface area (Å²) < 4.78 is 1.47. The zero-order valence-electron chi connectivity index (χ0n) is 14.7. The molecule has 2 aromatic heterocycles. The van der Waals surface area contributed by atoms with Crippen molar-refractivity contribution in [2.75, 3.05) is 0 Å². The predicted molar refractivity (Wildman–Crippen MR) is 103 cm³/mol. The van der Waals surface area contributed by atoms with Gasteiger partial charge in [-0.1, -0.05) is 19.1 Å². The summed E-state index contributed by atoms with van der Waals surface area (Å²) in [6.07, 6.45) is 1.16. The van der Waals surface area contributed by atoms with Crippen molar-refractivity contribution in [3.8, 4) is 0 Å². The normalized spacial score (nSPS) is 11.0. The van der Waals surface area contributed by atoms with Gasteiger partial charge in [-0.05, 0) is 18.1 Å². The summed E-state index contributed by atoms with van der Waals surface area (Å²) in [6.45, 7) is 2.16. The van der Waals surface area contributed by atoms with Crippen LogP contribution < -0.4 is 11.3 Å². The molecule has 0 saturated heterocycles. The molecular weight excluding hydrogens is 368 g/mol. The number of primary amides is 1. The van der Waals surface area contributed by atoms with Crippen molar-refractivity contribution in [1.29, 1.82) is 0 Å². The third-order valence-corrected chi connectivity index (χ3v) is 5.39. The minimum absolute atomic E-state index is 0.000811. The quantitative estimate of drug-likeness (QED) is 0.494. The number of nitrogens with zero attached hydrogens (tertiary/aromatic N) is 3. The highest BCUT2D eigenvalue weighted by atomic mass is 32.1. The number of carbonyl (C=O) groups excluding carboxylic acids is 1. The highest BCUT2D eigenvalue weighted by Gasteiger charge is 2.15. The molecule has 0 radical (unpaired) electrons. The largest absolute Gasteiger partial charge is 0.370 e. The number of amides is 1. The van der Waals surface area contributed by atoms with Gasteiger partial charge in [-0.3, -0.25) is 24.3 Å². The average molecular weight is 386 g/mol. The summed E-state index contributed by atoms with van der Waals surface area (Å²) >= 11 is 1.47. The minimum Gasteiger partial charge on any atom is -0.370 e. The summed E-state index contributed by atoms with van der Waals surface area (Å²) in [7, 11) is 0. The number of non-ortho nitro benzene ring substituents is 1. The van der Waals surface area contributed by atoms with Crippen LogP contribution in [0.5, 0.6) is 0 Å². The van der Waals surface area contributed by atoms with Gasteiger partial charge in [0.2, 0.25) is 5.91 Å². The molecule has 0 bridgehead atoms. The Kier molecular flexibility index (Phi) is 5.31. The number of carbonyl (C=O) groups is 1. The number of nitro groups is 1. The Morgan fingerprint density at radius 2 is 2.04 bits per heavy atom. The van der Waals surface area contributed by atoms with Crippen LogP contribution in [-0.4, -0.2) is 20.4 Å². The second-order valence-corrected chi connectivity index (χ2v) is 7.20. The minimum atomic E-state index is -0.497. The van der Waals surface area contributed by atoms with Crippen LogP contribution in [0, 0.1) is 10.1 Å². The lowest BCUT2D eigenvalue weighted by atomic mass is 10.1. The SMILES string of the molecule is CCc1cc2c(=O)n(CCC(N)=O)c(Cc3ccc([N+](=O)[O-])cc3)nc2s1. The van der Waals surface area contributed by atoms with Crippen LogP contribution in [0.2, 0.25) is 0 Å². The van der Waals surface area contributed by atoms with Crippen LogP contribution >= 0.6 is 11.3 Å². The fourth-order valence-corrected chi connectivity index (χ4v) is 3.76. The number of benzene rings is 1. The van der Waals surface area contributed by atoms with Crippen molar-refractivity contribution in [2.24, 2.45) is 5.73 Å². The number of hydrogen-bond acceptors (Lipinski definition) is 6. The van der Waals surface area contributed by atoms with Gasteiger partial charge in [0, 0.05) is 36.4 Å². The molecule has 9 heteroatoms. The van der Waals surface area contributed by atoms with Gasteiger partial charge in [-0.25, -0.2) is 4.98 Å². The molecule has 0 aliphatic heterocycles. The predicted octanol–water partition coefficient (Wildman–Crippen LogP) is 2.39. The fraction of sp³-hybridized carbons (Fsp3) is 0.278. The van der Waals surface area contributed by atoms with Crippen molar-refractivity contribution < 1.29 is 9.72 Å². The van der Waals surface area contributed by atoms with E-state index in [2.05, 4.69) is 4.98 Å². The van der Waals surface area contributed by atoms with Gasteiger partial charge in [-0.15, -0.1) is 11.3 Å². The van der Waals surface area contributed by atoms with E-state index in [9.17, 15) is 19.7 Å². The molecule has 140 valence electrons. The Bertz CT molecular complexity index is 1070. The van der Waals surface area contributed by atoms with Crippen LogP contribution in [0.3, 0.4) is 0 Å². The maximum atomic E-state index is 12.9. The molecule has 0 spiro atoms. The number of nitro benzene ring substituents is 1. The monoisotopic (exact) mass is 386 g/mol. The van der Waals surface area contributed by atoms with E-state index in [4.69, 9.17) is 5.73 Å². The lowest BCUT2D eigenvalue weighted by Gasteiger charge is -2.11. The Labute approximate surface area is 158 Å². The van der Waals surface area contributed by atoms with E-state index < -0.39 is 10.8 Å². The van der Waals surface area contributed by atoms with E-state index in [0.29, 0.717) is 22.5 Å². The van der Waals surface area contributed by atoms with Crippen molar-refractivity contribution in [1.82, 2.24) is 9.55 Å². The number of aromatic nitrogens is 2. The van der Waals surface area contributed by atoms with Crippen molar-refractivity contribution >= 4 is 33.1 Å². The van der Waals surface area contributed by atoms with Gasteiger partial charge >= 0.3 is 0 Å². The number of thiophene rings is 1. The maximum Gasteiger partial charge on any atom is 0.269 e. The lowest BCUT2D eigenvalue weighted by Crippen LogP contribution is -2.27. The highest BCUT2D eigenvalue weighted by molar-refractivity contribution is 7.18. The molecule has 1 aromatic carbocycles. The van der Waals surface area contributed by atoms with Gasteiger partial charge in [-0.2, -0.15) is 0 Å². The van der Waals surface area contributed by atoms with Gasteiger partial charge in [0.1, 0.15) is 10.7 Å². The second kappa shape index (κ2) is 7.67. The molecule has 27 heavy (non-hydrogen) atoms. The van der Waals surface area contributed by atoms with E-state index in [0.717, 1.165) is 16.9 Å². The third-order valence-electron chi connectivity index (χ3n) is 4.22. The Hall–Kier alpha value is -3.07. The first-order valence-electron chi connectivity index (χ1n) is 8.42. The van der Waals surface area contributed by atoms with E-state index >= 15 is 0 Å². The molecule has 3 aromatic rings. The summed E-state index contributed by atoms with van der Waals surface area (Å²) in [5.41, 5.74) is 5.82. The summed E-state index contributed by atoms with van der Waals surface area (Å²) in [4.78, 5) is 40.8. The topological polar surface area (TPSA) is 121 Å². The summed E-state index contributed by atoms with van der Waals surface area (Å²) in [5, 5.41) is 11.3. The van der Waals surface area contributed by atoms with Crippen LogP contribution in [0.4, 0.5) is 5.69 Å². The Morgan fingerprint density at radius 3 is 2.63 bits per heavy atom. The van der Waals surface area contributed by atoms with Gasteiger partial charge in [0.05, 0.1) is 10.3 Å². The standard InChI is InChI=1S/C18H18N4O4S/c1-2-13-10-14-17(27-13)20-16(21(18(14)24)8-7-15(19)23)9-11-3-5-12(6-4-11)22(25)26/h3-6,10H,2,7-9H2,1H3,(H2,19,23). The molecule has 0 fully saturated rings. The van der Waals surface area contributed by atoms with Gasteiger partial charge in [0.25, 0.3) is 11.2 Å². The number of aryl methyl sites for hydroxylation is 1. The van der Waals surface area contributed by atoms with Gasteiger partial charge < -0.3 is 5.73 Å². The summed E-state index contributed by atoms with van der Waals surface area (Å²) in [6, 6.07) is 7.95. The number of hydrogen-bond donors (Lipinski definition) is 1. The van der Waals surface area contributed by atoms with Crippen LogP contribution in [0.1, 0.15) is 29.6 Å². The molecule has 1 amide bonds. The van der Waals surface area contributed by atoms with E-state index in [1.165, 1.54) is 28.0 Å². The number of fused-ring (bicyclic) bond motifs is 1. The molecule has 0 aliphatic carbocycles. The number of nitrogens with two attached hydrogens (primary N) is 1. The zero-order valence-corrected chi connectivity index (χ0v) is 15.5. The van der Waals surface area contributed by atoms with Crippen molar-refractivity contribution in [2.45, 2.75) is 32.7 Å². The van der Waals surface area contributed by atoms with Crippen molar-refractivity contribution in [3.05, 3.63) is 67.1 Å². The molecule has 0 aliphatic rings. The molecule has 0 atom stereocenters. The van der Waals surface area contributed by atoms with Crippen LogP contribution in [0.15, 0.2) is 35.1 Å². The van der Waals surface area contributed by atoms with Crippen molar-refractivity contribution in [3.63, 3.8) is 0 Å². The first kappa shape index (κ1) is 18.7. The lowest BCUT2D eigenvalue weighted by molar-refractivity contribution is -0.384. The molecule has 2 N–H and O–H groups in total. The fourth-order valence-electron chi connectivity index (χ4n) is 2.79. The second-order valence-electron chi connectivity index (χ2n) is 6.09. The van der Waals surface area contributed by atoms with E-state index in [1.807, 2.05) is 13.0 Å². The smallest absolute Gasteiger partial charge is 0.269 e.